The van der Waals surface area contributed by atoms with Crippen molar-refractivity contribution in [3.8, 4) is 22.6 Å². The summed E-state index contributed by atoms with van der Waals surface area (Å²) in [6.45, 7) is 4.98. The molecule has 1 aliphatic rings. The van der Waals surface area contributed by atoms with Crippen molar-refractivity contribution in [3.63, 3.8) is 0 Å². The number of nitrogens with one attached hydrogen (secondary N) is 1. The Morgan fingerprint density at radius 1 is 1.12 bits per heavy atom. The van der Waals surface area contributed by atoms with Crippen LogP contribution in [0.3, 0.4) is 0 Å². The molecule has 0 atom stereocenters. The van der Waals surface area contributed by atoms with Gasteiger partial charge >= 0.3 is 5.82 Å². The number of likely N-dealkylation sites (N-methyl/N-ethyl adjacent to an activating group) is 1. The highest BCUT2D eigenvalue weighted by atomic mass is 35.5. The number of ketones is 1. The summed E-state index contributed by atoms with van der Waals surface area (Å²) in [5.74, 6) is 0.735. The summed E-state index contributed by atoms with van der Waals surface area (Å²) in [5, 5.41) is 15.4. The summed E-state index contributed by atoms with van der Waals surface area (Å²) in [5.41, 5.74) is 2.64. The third kappa shape index (κ3) is 8.67. The number of benzene rings is 2. The monoisotopic (exact) mass is 748 g/mol. The van der Waals surface area contributed by atoms with E-state index in [1.54, 1.807) is 30.6 Å². The largest absolute Gasteiger partial charge is 0.495 e. The van der Waals surface area contributed by atoms with Crippen LogP contribution in [0.15, 0.2) is 75.9 Å². The number of halogens is 2. The first-order valence-electron chi connectivity index (χ1n) is 16.5. The van der Waals surface area contributed by atoms with Crippen molar-refractivity contribution in [1.29, 1.82) is 0 Å². The molecule has 1 N–H and O–H groups in total. The number of carbonyl (C=O) groups excluding carboxylic acids is 1. The van der Waals surface area contributed by atoms with Crippen LogP contribution in [0.2, 0.25) is 10.0 Å². The second kappa shape index (κ2) is 16.1. The maximum atomic E-state index is 14.4. The second-order valence-corrected chi connectivity index (χ2v) is 14.1. The molecule has 272 valence electrons. The number of nitrogens with zero attached hydrogens (tertiary/aromatic N) is 6. The molecular weight excluding hydrogens is 709 g/mol. The van der Waals surface area contributed by atoms with Gasteiger partial charge in [-0.05, 0) is 48.1 Å². The van der Waals surface area contributed by atoms with Gasteiger partial charge in [0.1, 0.15) is 29.9 Å². The number of hydrogen-bond acceptors (Lipinski definition) is 10. The van der Waals surface area contributed by atoms with Crippen molar-refractivity contribution in [2.24, 2.45) is 4.99 Å². The number of rotatable bonds is 15. The minimum absolute atomic E-state index is 0.0489. The molecule has 2 aromatic heterocycles. The number of carbonyl (C=O) groups is 1. The molecule has 4 aromatic rings. The maximum Gasteiger partial charge on any atom is 0.368 e. The highest BCUT2D eigenvalue weighted by Gasteiger charge is 2.28. The Morgan fingerprint density at radius 3 is 2.46 bits per heavy atom. The van der Waals surface area contributed by atoms with Crippen LogP contribution in [-0.4, -0.2) is 83.4 Å². The summed E-state index contributed by atoms with van der Waals surface area (Å²) in [6.07, 6.45) is 7.10. The lowest BCUT2D eigenvalue weighted by molar-refractivity contribution is -0.880. The standard InChI is InChI=1S/C37H39Cl2N7O6/c1-22(2)42-37-41-19-26-17-28(31-32(38)29(51-5)18-30(52-6)33(31)39)36(48)44(35(26)43-37)20-24-10-7-9-23(15-24)16-27(47)11-8-14-46(3,4)21-25-12-13-40-34(25)45(49)50/h7-11,13,15,17-19,22H,12,14,16,20-21H2,1-6H3/p+1/b11-8+. The molecule has 0 spiro atoms. The van der Waals surface area contributed by atoms with Crippen LogP contribution >= 0.6 is 23.2 Å². The van der Waals surface area contributed by atoms with Crippen LogP contribution in [-0.2, 0) is 17.8 Å². The number of aromatic nitrogens is 3. The number of anilines is 1. The van der Waals surface area contributed by atoms with Gasteiger partial charge in [0.2, 0.25) is 5.95 Å². The number of nitro groups is 1. The van der Waals surface area contributed by atoms with Crippen molar-refractivity contribution in [3.05, 3.63) is 108 Å². The number of methoxy groups -OCH3 is 2. The van der Waals surface area contributed by atoms with Crippen LogP contribution in [0, 0.1) is 10.1 Å². The van der Waals surface area contributed by atoms with Crippen LogP contribution < -0.4 is 20.3 Å². The zero-order valence-corrected chi connectivity index (χ0v) is 31.3. The minimum Gasteiger partial charge on any atom is -0.495 e. The van der Waals surface area contributed by atoms with Gasteiger partial charge in [-0.1, -0.05) is 52.5 Å². The lowest BCUT2D eigenvalue weighted by Crippen LogP contribution is -2.41. The van der Waals surface area contributed by atoms with E-state index in [-0.39, 0.29) is 63.3 Å². The third-order valence-electron chi connectivity index (χ3n) is 8.36. The normalized spacial score (nSPS) is 13.1. The van der Waals surface area contributed by atoms with E-state index in [0.29, 0.717) is 46.5 Å². The number of hydrogen-bond donors (Lipinski definition) is 1. The van der Waals surface area contributed by atoms with Crippen molar-refractivity contribution < 1.29 is 23.7 Å². The van der Waals surface area contributed by atoms with E-state index in [2.05, 4.69) is 15.3 Å². The average molecular weight is 750 g/mol. The van der Waals surface area contributed by atoms with Gasteiger partial charge in [-0.25, -0.2) is 4.98 Å². The molecule has 0 radical (unpaired) electrons. The van der Waals surface area contributed by atoms with Crippen molar-refractivity contribution >= 4 is 52.2 Å². The predicted octanol–water partition coefficient (Wildman–Crippen LogP) is 6.36. The summed E-state index contributed by atoms with van der Waals surface area (Å²) < 4.78 is 12.9. The molecule has 1 aliphatic heterocycles. The summed E-state index contributed by atoms with van der Waals surface area (Å²) in [7, 11) is 6.81. The van der Waals surface area contributed by atoms with Gasteiger partial charge < -0.3 is 29.4 Å². The second-order valence-electron chi connectivity index (χ2n) is 13.3. The molecule has 0 unspecified atom stereocenters. The lowest BCUT2D eigenvalue weighted by atomic mass is 10.0. The summed E-state index contributed by atoms with van der Waals surface area (Å²) >= 11 is 13.5. The fourth-order valence-electron chi connectivity index (χ4n) is 6.00. The average Bonchev–Trinajstić information content (AvgIpc) is 3.54. The van der Waals surface area contributed by atoms with E-state index in [1.165, 1.54) is 24.9 Å². The van der Waals surface area contributed by atoms with E-state index >= 15 is 0 Å². The Labute approximate surface area is 311 Å². The van der Waals surface area contributed by atoms with E-state index < -0.39 is 10.5 Å². The molecule has 0 aliphatic carbocycles. The first kappa shape index (κ1) is 38.1. The topological polar surface area (TPSA) is 151 Å². The van der Waals surface area contributed by atoms with Gasteiger partial charge in [0.15, 0.2) is 5.78 Å². The number of aliphatic imine (C=N–C) groups is 1. The predicted molar refractivity (Wildman–Crippen MR) is 203 cm³/mol. The highest BCUT2D eigenvalue weighted by molar-refractivity contribution is 6.41. The number of fused-ring (bicyclic) bond motifs is 1. The van der Waals surface area contributed by atoms with Gasteiger partial charge in [0.05, 0.1) is 62.6 Å². The quantitative estimate of drug-likeness (QED) is 0.0634. The Balaban J connectivity index is 1.44. The Kier molecular flexibility index (Phi) is 11.8. The molecule has 5 rings (SSSR count). The molecule has 0 amide bonds. The van der Waals surface area contributed by atoms with Crippen LogP contribution in [0.4, 0.5) is 5.95 Å². The van der Waals surface area contributed by atoms with Crippen molar-refractivity contribution in [2.45, 2.75) is 39.3 Å². The van der Waals surface area contributed by atoms with Gasteiger partial charge in [-0.15, -0.1) is 0 Å². The Bertz CT molecular complexity index is 2170. The SMILES string of the molecule is COc1cc(OC)c(Cl)c(-c2cc3cnc(NC(C)C)nc3n(Cc3cccc(CC(=O)/C=C/C[N+](C)(C)CC4=C([N+](=O)[O-])N=CC4)c3)c2=O)c1Cl. The molecule has 52 heavy (non-hydrogen) atoms. The van der Waals surface area contributed by atoms with E-state index in [0.717, 1.165) is 11.1 Å². The smallest absolute Gasteiger partial charge is 0.368 e. The highest BCUT2D eigenvalue weighted by Crippen LogP contribution is 2.45. The Hall–Kier alpha value is -5.11. The zero-order valence-electron chi connectivity index (χ0n) is 29.8. The number of ether oxygens (including phenoxy) is 2. The van der Waals surface area contributed by atoms with Gasteiger partial charge in [-0.3, -0.25) is 14.2 Å². The van der Waals surface area contributed by atoms with Gasteiger partial charge in [0.25, 0.3) is 5.56 Å². The molecule has 0 bridgehead atoms. The van der Waals surface area contributed by atoms with Crippen LogP contribution in [0.1, 0.15) is 31.4 Å². The summed E-state index contributed by atoms with van der Waals surface area (Å²) in [4.78, 5) is 51.3. The van der Waals surface area contributed by atoms with E-state index in [1.807, 2.05) is 52.2 Å². The molecule has 13 nitrogen and oxygen atoms in total. The zero-order chi connectivity index (χ0) is 37.7. The van der Waals surface area contributed by atoms with Crippen LogP contribution in [0.25, 0.3) is 22.2 Å². The van der Waals surface area contributed by atoms with E-state index in [9.17, 15) is 19.7 Å². The molecule has 2 aromatic carbocycles. The first-order valence-corrected chi connectivity index (χ1v) is 17.2. The molecule has 0 saturated heterocycles. The lowest BCUT2D eigenvalue weighted by Gasteiger charge is -2.28. The van der Waals surface area contributed by atoms with Crippen molar-refractivity contribution in [2.75, 3.05) is 46.7 Å². The van der Waals surface area contributed by atoms with E-state index in [4.69, 9.17) is 37.7 Å². The molecule has 0 fully saturated rings. The first-order chi connectivity index (χ1) is 24.7. The fraction of sp³-hybridized carbons (Fsp3) is 0.324. The van der Waals surface area contributed by atoms with Crippen molar-refractivity contribution in [1.82, 2.24) is 14.5 Å². The summed E-state index contributed by atoms with van der Waals surface area (Å²) in [6, 6.07) is 10.7. The van der Waals surface area contributed by atoms with Gasteiger partial charge in [-0.2, -0.15) is 4.98 Å². The fourth-order valence-corrected chi connectivity index (χ4v) is 6.71. The Morgan fingerprint density at radius 2 is 1.81 bits per heavy atom. The molecule has 15 heteroatoms. The molecular formula is C37H40Cl2N7O6+. The molecule has 3 heterocycles. The minimum atomic E-state index is -0.458. The number of pyridine rings is 1. The number of quaternary nitrogens is 1. The maximum absolute atomic E-state index is 14.4. The third-order valence-corrected chi connectivity index (χ3v) is 9.11. The number of allylic oxidation sites excluding steroid dienone is 1. The van der Waals surface area contributed by atoms with Gasteiger partial charge in [0, 0.05) is 42.1 Å². The van der Waals surface area contributed by atoms with Crippen LogP contribution in [0.5, 0.6) is 11.5 Å². The molecule has 0 saturated carbocycles.